The zero-order chi connectivity index (χ0) is 14.4. The molecule has 0 spiro atoms. The van der Waals surface area contributed by atoms with E-state index in [0.29, 0.717) is 18.4 Å². The molecule has 0 bridgehead atoms. The van der Waals surface area contributed by atoms with Crippen LogP contribution in [0.25, 0.3) is 0 Å². The minimum atomic E-state index is -0.720. The molecule has 18 heavy (non-hydrogen) atoms. The maximum absolute atomic E-state index is 11.1. The molecule has 3 atom stereocenters. The van der Waals surface area contributed by atoms with Crippen molar-refractivity contribution in [3.05, 3.63) is 0 Å². The van der Waals surface area contributed by atoms with Gasteiger partial charge in [-0.2, -0.15) is 0 Å². The summed E-state index contributed by atoms with van der Waals surface area (Å²) in [6, 6.07) is 0. The molecule has 0 radical (unpaired) electrons. The van der Waals surface area contributed by atoms with Crippen LogP contribution in [0, 0.1) is 28.1 Å². The van der Waals surface area contributed by atoms with Gasteiger partial charge in [0, 0.05) is 0 Å². The highest BCUT2D eigenvalue weighted by atomic mass is 16.4. The van der Waals surface area contributed by atoms with Crippen LogP contribution < -0.4 is 5.73 Å². The number of aliphatic carboxylic acids is 1. The number of carbonyl (C=O) groups is 1. The molecule has 0 aromatic rings. The molecule has 3 heteroatoms. The SMILES string of the molecule is CC(C)(C)[C@H]1CC(CN)(CC(=O)O)[C@@H]1C(C)(C)C. The molecule has 0 amide bonds. The molecule has 0 aliphatic heterocycles. The zero-order valence-corrected chi connectivity index (χ0v) is 12.7. The van der Waals surface area contributed by atoms with Crippen LogP contribution in [0.5, 0.6) is 0 Å². The van der Waals surface area contributed by atoms with Gasteiger partial charge in [0.2, 0.25) is 0 Å². The first-order chi connectivity index (χ1) is 7.94. The van der Waals surface area contributed by atoms with Gasteiger partial charge in [0.05, 0.1) is 6.42 Å². The normalized spacial score (nSPS) is 33.1. The van der Waals surface area contributed by atoms with E-state index >= 15 is 0 Å². The Labute approximate surface area is 111 Å². The fraction of sp³-hybridized carbons (Fsp3) is 0.933. The average molecular weight is 255 g/mol. The number of carboxylic acid groups (broad SMARTS) is 1. The van der Waals surface area contributed by atoms with Gasteiger partial charge in [-0.25, -0.2) is 0 Å². The summed E-state index contributed by atoms with van der Waals surface area (Å²) in [5.41, 5.74) is 6.06. The average Bonchev–Trinajstić information content (AvgIpc) is 2.05. The van der Waals surface area contributed by atoms with Gasteiger partial charge in [0.15, 0.2) is 0 Å². The van der Waals surface area contributed by atoms with Gasteiger partial charge >= 0.3 is 5.97 Å². The van der Waals surface area contributed by atoms with E-state index in [9.17, 15) is 4.79 Å². The summed E-state index contributed by atoms with van der Waals surface area (Å²) < 4.78 is 0. The minimum absolute atomic E-state index is 0.102. The maximum atomic E-state index is 11.1. The number of hydrogen-bond donors (Lipinski definition) is 2. The molecule has 3 nitrogen and oxygen atoms in total. The minimum Gasteiger partial charge on any atom is -0.481 e. The molecule has 1 rings (SSSR count). The summed E-state index contributed by atoms with van der Waals surface area (Å²) in [5, 5.41) is 9.16. The molecule has 1 aliphatic rings. The highest BCUT2D eigenvalue weighted by molar-refractivity contribution is 5.68. The molecule has 0 aromatic carbocycles. The molecule has 0 saturated heterocycles. The molecule has 1 fully saturated rings. The summed E-state index contributed by atoms with van der Waals surface area (Å²) in [4.78, 5) is 11.1. The number of hydrogen-bond acceptors (Lipinski definition) is 2. The predicted molar refractivity (Wildman–Crippen MR) is 74.2 cm³/mol. The maximum Gasteiger partial charge on any atom is 0.303 e. The zero-order valence-electron chi connectivity index (χ0n) is 12.7. The van der Waals surface area contributed by atoms with Crippen LogP contribution in [0.1, 0.15) is 54.4 Å². The molecule has 1 aliphatic carbocycles. The van der Waals surface area contributed by atoms with Crippen LogP contribution in [-0.4, -0.2) is 17.6 Å². The van der Waals surface area contributed by atoms with Gasteiger partial charge in [0.1, 0.15) is 0 Å². The van der Waals surface area contributed by atoms with E-state index in [-0.39, 0.29) is 22.7 Å². The Morgan fingerprint density at radius 1 is 1.22 bits per heavy atom. The van der Waals surface area contributed by atoms with Crippen LogP contribution in [-0.2, 0) is 4.79 Å². The fourth-order valence-corrected chi connectivity index (χ4v) is 4.04. The molecular formula is C15H29NO2. The largest absolute Gasteiger partial charge is 0.481 e. The second-order valence-corrected chi connectivity index (χ2v) is 8.16. The summed E-state index contributed by atoms with van der Waals surface area (Å²) in [7, 11) is 0. The van der Waals surface area contributed by atoms with E-state index in [1.54, 1.807) is 0 Å². The van der Waals surface area contributed by atoms with Crippen LogP contribution in [0.15, 0.2) is 0 Å². The second kappa shape index (κ2) is 4.52. The number of rotatable bonds is 3. The fourth-order valence-electron chi connectivity index (χ4n) is 4.04. The van der Waals surface area contributed by atoms with Crippen molar-refractivity contribution in [1.29, 1.82) is 0 Å². The van der Waals surface area contributed by atoms with Crippen LogP contribution in [0.3, 0.4) is 0 Å². The lowest BCUT2D eigenvalue weighted by Gasteiger charge is -2.63. The highest BCUT2D eigenvalue weighted by Gasteiger charge is 2.60. The van der Waals surface area contributed by atoms with Crippen molar-refractivity contribution < 1.29 is 9.90 Å². The number of carboxylic acids is 1. The Balaban J connectivity index is 3.06. The molecule has 0 aromatic heterocycles. The topological polar surface area (TPSA) is 63.3 Å². The summed E-state index contributed by atoms with van der Waals surface area (Å²) >= 11 is 0. The predicted octanol–water partition coefficient (Wildman–Crippen LogP) is 3.13. The van der Waals surface area contributed by atoms with Gasteiger partial charge < -0.3 is 10.8 Å². The van der Waals surface area contributed by atoms with Crippen LogP contribution in [0.2, 0.25) is 0 Å². The third-order valence-corrected chi connectivity index (χ3v) is 4.64. The van der Waals surface area contributed by atoms with Crippen LogP contribution >= 0.6 is 0 Å². The lowest BCUT2D eigenvalue weighted by Crippen LogP contribution is -2.61. The van der Waals surface area contributed by atoms with E-state index in [1.807, 2.05) is 0 Å². The van der Waals surface area contributed by atoms with Gasteiger partial charge in [-0.15, -0.1) is 0 Å². The third-order valence-electron chi connectivity index (χ3n) is 4.64. The highest BCUT2D eigenvalue weighted by Crippen LogP contribution is 2.64. The third kappa shape index (κ3) is 2.71. The Kier molecular flexibility index (Phi) is 3.89. The first-order valence-corrected chi connectivity index (χ1v) is 6.86. The molecule has 1 unspecified atom stereocenters. The van der Waals surface area contributed by atoms with Crippen LogP contribution in [0.4, 0.5) is 0 Å². The van der Waals surface area contributed by atoms with Gasteiger partial charge in [-0.3, -0.25) is 4.79 Å². The second-order valence-electron chi connectivity index (χ2n) is 8.16. The van der Waals surface area contributed by atoms with Gasteiger partial charge in [0.25, 0.3) is 0 Å². The van der Waals surface area contributed by atoms with Crippen molar-refractivity contribution in [2.45, 2.75) is 54.4 Å². The molecule has 1 saturated carbocycles. The van der Waals surface area contributed by atoms with Crippen molar-refractivity contribution >= 4 is 5.97 Å². The Bertz CT molecular complexity index is 324. The van der Waals surface area contributed by atoms with Crippen molar-refractivity contribution in [3.8, 4) is 0 Å². The number of nitrogens with two attached hydrogens (primary N) is 1. The molecule has 0 heterocycles. The quantitative estimate of drug-likeness (QED) is 0.814. The molecular weight excluding hydrogens is 226 g/mol. The van der Waals surface area contributed by atoms with Gasteiger partial charge in [-0.05, 0) is 41.0 Å². The van der Waals surface area contributed by atoms with Crippen molar-refractivity contribution in [1.82, 2.24) is 0 Å². The Morgan fingerprint density at radius 2 is 1.72 bits per heavy atom. The van der Waals surface area contributed by atoms with E-state index in [2.05, 4.69) is 41.5 Å². The smallest absolute Gasteiger partial charge is 0.303 e. The summed E-state index contributed by atoms with van der Waals surface area (Å²) in [6.07, 6.45) is 1.15. The first kappa shape index (κ1) is 15.5. The van der Waals surface area contributed by atoms with E-state index in [4.69, 9.17) is 10.8 Å². The van der Waals surface area contributed by atoms with Crippen molar-refractivity contribution in [2.24, 2.45) is 33.8 Å². The monoisotopic (exact) mass is 255 g/mol. The first-order valence-electron chi connectivity index (χ1n) is 6.86. The molecule has 3 N–H and O–H groups in total. The van der Waals surface area contributed by atoms with Crippen molar-refractivity contribution in [2.75, 3.05) is 6.54 Å². The standard InChI is InChI=1S/C15H29NO2/c1-13(2,3)10-7-15(9-16,8-11(17)18)12(10)14(4,5)6/h10,12H,7-9,16H2,1-6H3,(H,17,18)/t10-,12-,15?/m0/s1. The van der Waals surface area contributed by atoms with E-state index in [0.717, 1.165) is 6.42 Å². The Hall–Kier alpha value is -0.570. The van der Waals surface area contributed by atoms with Gasteiger partial charge in [-0.1, -0.05) is 41.5 Å². The van der Waals surface area contributed by atoms with E-state index in [1.165, 1.54) is 0 Å². The summed E-state index contributed by atoms with van der Waals surface area (Å²) in [6.45, 7) is 13.9. The molecule has 106 valence electrons. The Morgan fingerprint density at radius 3 is 2.00 bits per heavy atom. The van der Waals surface area contributed by atoms with E-state index < -0.39 is 5.97 Å². The van der Waals surface area contributed by atoms with Crippen molar-refractivity contribution in [3.63, 3.8) is 0 Å². The summed E-state index contributed by atoms with van der Waals surface area (Å²) in [5.74, 6) is 0.216. The lowest BCUT2D eigenvalue weighted by molar-refractivity contribution is -0.168. The lowest BCUT2D eigenvalue weighted by atomic mass is 9.41.